The van der Waals surface area contributed by atoms with Crippen molar-refractivity contribution < 1.29 is 18.7 Å². The first-order valence-corrected chi connectivity index (χ1v) is 10.4. The fourth-order valence-electron chi connectivity index (χ4n) is 3.05. The Bertz CT molecular complexity index is 1070. The van der Waals surface area contributed by atoms with Gasteiger partial charge < -0.3 is 14.1 Å². The Kier molecular flexibility index (Phi) is 5.76. The summed E-state index contributed by atoms with van der Waals surface area (Å²) in [7, 11) is 0. The summed E-state index contributed by atoms with van der Waals surface area (Å²) >= 11 is 0.902. The SMILES string of the molecule is CC(C)N(CCOc1ccc(/C=C2\SC(=O)NC2=O)cc1)c1nc2ccccc2o1. The van der Waals surface area contributed by atoms with Gasteiger partial charge in [-0.2, -0.15) is 4.98 Å². The minimum absolute atomic E-state index is 0.202. The topological polar surface area (TPSA) is 84.7 Å². The normalized spacial score (nSPS) is 15.2. The molecule has 0 atom stereocenters. The third kappa shape index (κ3) is 4.49. The largest absolute Gasteiger partial charge is 0.492 e. The molecular formula is C22H21N3O4S. The average molecular weight is 423 g/mol. The number of hydrogen-bond acceptors (Lipinski definition) is 7. The molecule has 0 aliphatic carbocycles. The highest BCUT2D eigenvalue weighted by Crippen LogP contribution is 2.26. The van der Waals surface area contributed by atoms with Crippen molar-refractivity contribution in [3.63, 3.8) is 0 Å². The van der Waals surface area contributed by atoms with Crippen LogP contribution in [0.1, 0.15) is 19.4 Å². The van der Waals surface area contributed by atoms with E-state index in [2.05, 4.69) is 29.0 Å². The summed E-state index contributed by atoms with van der Waals surface area (Å²) in [6.45, 7) is 5.25. The Morgan fingerprint density at radius 3 is 2.60 bits per heavy atom. The molecule has 0 radical (unpaired) electrons. The van der Waals surface area contributed by atoms with Crippen LogP contribution in [0.4, 0.5) is 10.8 Å². The third-order valence-electron chi connectivity index (χ3n) is 4.57. The number of oxazole rings is 1. The molecule has 154 valence electrons. The number of carbonyl (C=O) groups is 2. The third-order valence-corrected chi connectivity index (χ3v) is 5.38. The quantitative estimate of drug-likeness (QED) is 0.562. The number of nitrogens with zero attached hydrogens (tertiary/aromatic N) is 2. The second-order valence-electron chi connectivity index (χ2n) is 7.02. The maximum absolute atomic E-state index is 11.6. The van der Waals surface area contributed by atoms with Crippen LogP contribution in [0.3, 0.4) is 0 Å². The first kappa shape index (κ1) is 20.0. The molecule has 1 aliphatic rings. The highest BCUT2D eigenvalue weighted by molar-refractivity contribution is 8.18. The smallest absolute Gasteiger partial charge is 0.298 e. The predicted octanol–water partition coefficient (Wildman–Crippen LogP) is 4.45. The van der Waals surface area contributed by atoms with Crippen molar-refractivity contribution in [1.82, 2.24) is 10.3 Å². The van der Waals surface area contributed by atoms with E-state index in [0.29, 0.717) is 24.1 Å². The van der Waals surface area contributed by atoms with E-state index >= 15 is 0 Å². The number of para-hydroxylation sites is 2. The summed E-state index contributed by atoms with van der Waals surface area (Å²) in [6, 6.07) is 15.9. The fraction of sp³-hybridized carbons (Fsp3) is 0.227. The highest BCUT2D eigenvalue weighted by Gasteiger charge is 2.24. The fourth-order valence-corrected chi connectivity index (χ4v) is 3.73. The molecular weight excluding hydrogens is 402 g/mol. The van der Waals surface area contributed by atoms with E-state index in [1.54, 1.807) is 6.08 Å². The van der Waals surface area contributed by atoms with Gasteiger partial charge in [0.25, 0.3) is 17.2 Å². The Labute approximate surface area is 178 Å². The predicted molar refractivity (Wildman–Crippen MR) is 118 cm³/mol. The van der Waals surface area contributed by atoms with Gasteiger partial charge in [-0.05, 0) is 61.5 Å². The highest BCUT2D eigenvalue weighted by atomic mass is 32.2. The van der Waals surface area contributed by atoms with Crippen LogP contribution in [0.2, 0.25) is 0 Å². The number of thioether (sulfide) groups is 1. The van der Waals surface area contributed by atoms with Gasteiger partial charge in [-0.1, -0.05) is 24.3 Å². The number of carbonyl (C=O) groups excluding carboxylic acids is 2. The molecule has 3 aromatic rings. The molecule has 0 unspecified atom stereocenters. The number of nitrogens with one attached hydrogen (secondary N) is 1. The number of amides is 2. The van der Waals surface area contributed by atoms with E-state index in [4.69, 9.17) is 9.15 Å². The summed E-state index contributed by atoms with van der Waals surface area (Å²) in [5.74, 6) is 0.358. The zero-order valence-electron chi connectivity index (χ0n) is 16.6. The maximum atomic E-state index is 11.6. The summed E-state index contributed by atoms with van der Waals surface area (Å²) in [5, 5.41) is 1.90. The van der Waals surface area contributed by atoms with Crippen LogP contribution in [0.5, 0.6) is 5.75 Å². The van der Waals surface area contributed by atoms with Crippen molar-refractivity contribution in [2.75, 3.05) is 18.1 Å². The van der Waals surface area contributed by atoms with Gasteiger partial charge in [-0.25, -0.2) is 0 Å². The molecule has 1 saturated heterocycles. The van der Waals surface area contributed by atoms with Crippen LogP contribution in [0.15, 0.2) is 57.9 Å². The number of ether oxygens (including phenoxy) is 1. The average Bonchev–Trinajstić information content (AvgIpc) is 3.28. The number of aromatic nitrogens is 1. The Balaban J connectivity index is 1.37. The summed E-state index contributed by atoms with van der Waals surface area (Å²) < 4.78 is 11.8. The number of fused-ring (bicyclic) bond motifs is 1. The molecule has 1 N–H and O–H groups in total. The number of hydrogen-bond donors (Lipinski definition) is 1. The van der Waals surface area contributed by atoms with E-state index in [-0.39, 0.29) is 17.2 Å². The van der Waals surface area contributed by atoms with Crippen molar-refractivity contribution in [2.45, 2.75) is 19.9 Å². The number of benzene rings is 2. The Morgan fingerprint density at radius 2 is 1.93 bits per heavy atom. The van der Waals surface area contributed by atoms with Crippen molar-refractivity contribution in [1.29, 1.82) is 0 Å². The van der Waals surface area contributed by atoms with Crippen molar-refractivity contribution >= 4 is 46.1 Å². The van der Waals surface area contributed by atoms with Crippen LogP contribution in [-0.4, -0.2) is 35.3 Å². The molecule has 0 bridgehead atoms. The van der Waals surface area contributed by atoms with Gasteiger partial charge in [0.1, 0.15) is 17.9 Å². The van der Waals surface area contributed by atoms with Gasteiger partial charge in [0.15, 0.2) is 5.58 Å². The Morgan fingerprint density at radius 1 is 1.17 bits per heavy atom. The molecule has 7 nitrogen and oxygen atoms in total. The molecule has 4 rings (SSSR count). The van der Waals surface area contributed by atoms with E-state index in [1.807, 2.05) is 48.5 Å². The van der Waals surface area contributed by atoms with Gasteiger partial charge in [-0.15, -0.1) is 0 Å². The van der Waals surface area contributed by atoms with E-state index < -0.39 is 0 Å². The second kappa shape index (κ2) is 8.62. The lowest BCUT2D eigenvalue weighted by molar-refractivity contribution is -0.115. The van der Waals surface area contributed by atoms with Crippen LogP contribution >= 0.6 is 11.8 Å². The minimum Gasteiger partial charge on any atom is -0.492 e. The van der Waals surface area contributed by atoms with Gasteiger partial charge in [0.05, 0.1) is 11.4 Å². The zero-order valence-corrected chi connectivity index (χ0v) is 17.4. The van der Waals surface area contributed by atoms with E-state index in [9.17, 15) is 9.59 Å². The van der Waals surface area contributed by atoms with E-state index in [0.717, 1.165) is 34.2 Å². The lowest BCUT2D eigenvalue weighted by Crippen LogP contribution is -2.34. The molecule has 1 aliphatic heterocycles. The van der Waals surface area contributed by atoms with Gasteiger partial charge in [0, 0.05) is 6.04 Å². The summed E-state index contributed by atoms with van der Waals surface area (Å²) in [4.78, 5) is 29.9. The molecule has 8 heteroatoms. The van der Waals surface area contributed by atoms with Crippen molar-refractivity contribution in [2.24, 2.45) is 0 Å². The minimum atomic E-state index is -0.363. The first-order valence-electron chi connectivity index (χ1n) is 9.59. The number of rotatable bonds is 7. The van der Waals surface area contributed by atoms with Crippen LogP contribution in [-0.2, 0) is 4.79 Å². The molecule has 2 aromatic carbocycles. The number of imide groups is 1. The molecule has 30 heavy (non-hydrogen) atoms. The standard InChI is InChI=1S/C22H21N3O4S/c1-14(2)25(21-23-17-5-3-4-6-18(17)29-21)11-12-28-16-9-7-15(8-10-16)13-19-20(26)24-22(27)30-19/h3-10,13-14H,11-12H2,1-2H3,(H,24,26,27)/b19-13-. The lowest BCUT2D eigenvalue weighted by atomic mass is 10.2. The van der Waals surface area contributed by atoms with Gasteiger partial charge >= 0.3 is 0 Å². The monoisotopic (exact) mass is 423 g/mol. The maximum Gasteiger partial charge on any atom is 0.298 e. The second-order valence-corrected chi connectivity index (χ2v) is 8.04. The van der Waals surface area contributed by atoms with E-state index in [1.165, 1.54) is 0 Å². The molecule has 0 saturated carbocycles. The van der Waals surface area contributed by atoms with Crippen LogP contribution in [0.25, 0.3) is 17.2 Å². The Hall–Kier alpha value is -3.26. The molecule has 1 aromatic heterocycles. The summed E-state index contributed by atoms with van der Waals surface area (Å²) in [5.41, 5.74) is 2.42. The zero-order chi connectivity index (χ0) is 21.1. The molecule has 1 fully saturated rings. The number of anilines is 1. The van der Waals surface area contributed by atoms with Crippen molar-refractivity contribution in [3.05, 3.63) is 59.0 Å². The first-order chi connectivity index (χ1) is 14.5. The van der Waals surface area contributed by atoms with Gasteiger partial charge in [0.2, 0.25) is 0 Å². The van der Waals surface area contributed by atoms with Gasteiger partial charge in [-0.3, -0.25) is 14.9 Å². The summed E-state index contributed by atoms with van der Waals surface area (Å²) in [6.07, 6.45) is 1.68. The van der Waals surface area contributed by atoms with Crippen LogP contribution in [0, 0.1) is 0 Å². The molecule has 2 heterocycles. The molecule has 0 spiro atoms. The van der Waals surface area contributed by atoms with Crippen molar-refractivity contribution in [3.8, 4) is 5.75 Å². The molecule has 2 amide bonds. The van der Waals surface area contributed by atoms with Crippen LogP contribution < -0.4 is 15.0 Å². The lowest BCUT2D eigenvalue weighted by Gasteiger charge is -2.24.